The molecule has 0 bridgehead atoms. The molecule has 1 aliphatic heterocycles. The summed E-state index contributed by atoms with van der Waals surface area (Å²) in [6, 6.07) is 6.88. The van der Waals surface area contributed by atoms with Crippen molar-refractivity contribution in [2.75, 3.05) is 5.32 Å². The first-order valence-electron chi connectivity index (χ1n) is 8.46. The summed E-state index contributed by atoms with van der Waals surface area (Å²) in [4.78, 5) is 28.1. The van der Waals surface area contributed by atoms with Gasteiger partial charge in [-0.2, -0.15) is 0 Å². The van der Waals surface area contributed by atoms with Crippen LogP contribution in [0.3, 0.4) is 0 Å². The number of hydrogen-bond donors (Lipinski definition) is 5. The van der Waals surface area contributed by atoms with E-state index in [2.05, 4.69) is 20.9 Å². The lowest BCUT2D eigenvalue weighted by atomic mass is 10.0. The first kappa shape index (κ1) is 19.5. The lowest BCUT2D eigenvalue weighted by molar-refractivity contribution is -0.121. The summed E-state index contributed by atoms with van der Waals surface area (Å²) in [6.45, 7) is 5.92. The second-order valence-electron chi connectivity index (χ2n) is 6.78. The molecule has 1 aromatic carbocycles. The largest absolute Gasteiger partial charge is 0.368 e. The zero-order valence-electron chi connectivity index (χ0n) is 15.2. The van der Waals surface area contributed by atoms with Crippen LogP contribution in [0.25, 0.3) is 0 Å². The van der Waals surface area contributed by atoms with Crippen LogP contribution in [0.2, 0.25) is 0 Å². The van der Waals surface area contributed by atoms with Crippen molar-refractivity contribution in [3.63, 3.8) is 0 Å². The molecular formula is C18H26N6O2. The van der Waals surface area contributed by atoms with E-state index in [9.17, 15) is 9.59 Å². The Morgan fingerprint density at radius 1 is 1.31 bits per heavy atom. The van der Waals surface area contributed by atoms with Gasteiger partial charge in [-0.1, -0.05) is 26.0 Å². The zero-order chi connectivity index (χ0) is 19.3. The number of primary amides is 2. The number of anilines is 1. The molecule has 1 heterocycles. The van der Waals surface area contributed by atoms with Crippen LogP contribution in [-0.4, -0.2) is 29.4 Å². The highest BCUT2D eigenvalue weighted by atomic mass is 16.2. The van der Waals surface area contributed by atoms with Gasteiger partial charge in [0, 0.05) is 18.1 Å². The summed E-state index contributed by atoms with van der Waals surface area (Å²) in [5.74, 6) is -2.39. The number of aliphatic imine (C=N–C) groups is 1. The third-order valence-corrected chi connectivity index (χ3v) is 3.96. The molecule has 0 saturated heterocycles. The Morgan fingerprint density at radius 3 is 2.62 bits per heavy atom. The van der Waals surface area contributed by atoms with E-state index in [4.69, 9.17) is 11.5 Å². The van der Waals surface area contributed by atoms with Gasteiger partial charge in [-0.05, 0) is 37.0 Å². The van der Waals surface area contributed by atoms with E-state index in [0.29, 0.717) is 6.42 Å². The highest BCUT2D eigenvalue weighted by Crippen LogP contribution is 2.19. The average Bonchev–Trinajstić information content (AvgIpc) is 2.53. The molecule has 2 unspecified atom stereocenters. The first-order valence-corrected chi connectivity index (χ1v) is 8.46. The molecule has 1 aromatic rings. The molecule has 0 aromatic heterocycles. The van der Waals surface area contributed by atoms with Crippen molar-refractivity contribution in [3.8, 4) is 0 Å². The van der Waals surface area contributed by atoms with E-state index in [1.54, 1.807) is 6.20 Å². The summed E-state index contributed by atoms with van der Waals surface area (Å²) >= 11 is 0. The number of rotatable bonds is 8. The minimum absolute atomic E-state index is 0.0107. The van der Waals surface area contributed by atoms with Gasteiger partial charge in [0.1, 0.15) is 0 Å². The fourth-order valence-corrected chi connectivity index (χ4v) is 2.85. The number of hydrogen-bond acceptors (Lipinski definition) is 6. The predicted octanol–water partition coefficient (Wildman–Crippen LogP) is 0.551. The summed E-state index contributed by atoms with van der Waals surface area (Å²) in [5, 5.41) is 9.38. The van der Waals surface area contributed by atoms with Crippen LogP contribution >= 0.6 is 0 Å². The maximum absolute atomic E-state index is 12.0. The minimum atomic E-state index is -1.36. The molecule has 26 heavy (non-hydrogen) atoms. The van der Waals surface area contributed by atoms with Crippen molar-refractivity contribution < 1.29 is 9.59 Å². The van der Waals surface area contributed by atoms with Crippen molar-refractivity contribution in [1.29, 1.82) is 0 Å². The number of nitrogens with two attached hydrogens (primary N) is 2. The number of benzene rings is 1. The van der Waals surface area contributed by atoms with Crippen molar-refractivity contribution >= 4 is 23.2 Å². The van der Waals surface area contributed by atoms with E-state index in [1.165, 1.54) is 6.20 Å². The maximum atomic E-state index is 12.0. The number of nitrogens with one attached hydrogen (secondary N) is 3. The van der Waals surface area contributed by atoms with Gasteiger partial charge in [0.2, 0.25) is 11.7 Å². The zero-order valence-corrected chi connectivity index (χ0v) is 15.2. The van der Waals surface area contributed by atoms with Crippen LogP contribution in [0, 0.1) is 12.8 Å². The molecule has 2 atom stereocenters. The second-order valence-corrected chi connectivity index (χ2v) is 6.78. The van der Waals surface area contributed by atoms with Crippen molar-refractivity contribution in [1.82, 2.24) is 10.6 Å². The SMILES string of the molecule is Cc1cccc(NC2(NC(CC(C)C)C(N)=O)NC=CN=C2C(N)=O)c1. The highest BCUT2D eigenvalue weighted by Gasteiger charge is 2.42. The molecule has 2 amide bonds. The van der Waals surface area contributed by atoms with Gasteiger partial charge >= 0.3 is 0 Å². The van der Waals surface area contributed by atoms with Gasteiger partial charge in [-0.25, -0.2) is 4.99 Å². The Hall–Kier alpha value is -2.87. The monoisotopic (exact) mass is 358 g/mol. The number of carbonyl (C=O) groups is 2. The predicted molar refractivity (Wildman–Crippen MR) is 102 cm³/mol. The van der Waals surface area contributed by atoms with E-state index < -0.39 is 23.6 Å². The maximum Gasteiger partial charge on any atom is 0.269 e. The molecule has 0 spiro atoms. The van der Waals surface area contributed by atoms with Gasteiger partial charge in [0.15, 0.2) is 5.71 Å². The lowest BCUT2D eigenvalue weighted by Crippen LogP contribution is -2.72. The molecule has 0 radical (unpaired) electrons. The lowest BCUT2D eigenvalue weighted by Gasteiger charge is -2.40. The third kappa shape index (κ3) is 4.60. The van der Waals surface area contributed by atoms with Gasteiger partial charge < -0.3 is 22.1 Å². The van der Waals surface area contributed by atoms with E-state index >= 15 is 0 Å². The highest BCUT2D eigenvalue weighted by molar-refractivity contribution is 6.42. The fourth-order valence-electron chi connectivity index (χ4n) is 2.85. The third-order valence-electron chi connectivity index (χ3n) is 3.96. The molecule has 7 N–H and O–H groups in total. The summed E-state index contributed by atoms with van der Waals surface area (Å²) < 4.78 is 0. The van der Waals surface area contributed by atoms with Crippen LogP contribution in [0.4, 0.5) is 5.69 Å². The van der Waals surface area contributed by atoms with E-state index in [-0.39, 0.29) is 11.6 Å². The first-order chi connectivity index (χ1) is 12.2. The molecular weight excluding hydrogens is 332 g/mol. The smallest absolute Gasteiger partial charge is 0.269 e. The van der Waals surface area contributed by atoms with Crippen LogP contribution in [0.15, 0.2) is 41.7 Å². The number of carbonyl (C=O) groups excluding carboxylic acids is 2. The van der Waals surface area contributed by atoms with Crippen molar-refractivity contribution in [2.24, 2.45) is 22.4 Å². The Bertz CT molecular complexity index is 743. The average molecular weight is 358 g/mol. The van der Waals surface area contributed by atoms with Crippen molar-refractivity contribution in [2.45, 2.75) is 39.0 Å². The Balaban J connectivity index is 2.44. The summed E-state index contributed by atoms with van der Waals surface area (Å²) in [6.07, 6.45) is 3.49. The molecule has 0 aliphatic carbocycles. The fraction of sp³-hybridized carbons (Fsp3) is 0.389. The number of amides is 2. The van der Waals surface area contributed by atoms with E-state index in [0.717, 1.165) is 11.3 Å². The number of aryl methyl sites for hydroxylation is 1. The Kier molecular flexibility index (Phi) is 5.99. The molecule has 2 rings (SSSR count). The number of nitrogens with zero attached hydrogens (tertiary/aromatic N) is 1. The van der Waals surface area contributed by atoms with E-state index in [1.807, 2.05) is 45.0 Å². The van der Waals surface area contributed by atoms with Crippen LogP contribution in [0.5, 0.6) is 0 Å². The molecule has 8 heteroatoms. The van der Waals surface area contributed by atoms with Crippen LogP contribution in [-0.2, 0) is 9.59 Å². The molecule has 140 valence electrons. The Morgan fingerprint density at radius 2 is 2.04 bits per heavy atom. The van der Waals surface area contributed by atoms with Crippen LogP contribution < -0.4 is 27.4 Å². The van der Waals surface area contributed by atoms with Gasteiger partial charge in [0.05, 0.1) is 6.04 Å². The Labute approximate surface area is 153 Å². The summed E-state index contributed by atoms with van der Waals surface area (Å²) in [7, 11) is 0. The summed E-state index contributed by atoms with van der Waals surface area (Å²) in [5.41, 5.74) is 12.9. The molecule has 0 fully saturated rings. The molecule has 0 saturated carbocycles. The minimum Gasteiger partial charge on any atom is -0.368 e. The quantitative estimate of drug-likeness (QED) is 0.433. The van der Waals surface area contributed by atoms with Gasteiger partial charge in [0.25, 0.3) is 5.91 Å². The van der Waals surface area contributed by atoms with Crippen LogP contribution in [0.1, 0.15) is 25.8 Å². The second kappa shape index (κ2) is 8.01. The van der Waals surface area contributed by atoms with Crippen molar-refractivity contribution in [3.05, 3.63) is 42.2 Å². The molecule has 1 aliphatic rings. The van der Waals surface area contributed by atoms with Gasteiger partial charge in [-0.3, -0.25) is 14.9 Å². The normalized spacial score (nSPS) is 20.2. The van der Waals surface area contributed by atoms with Gasteiger partial charge in [-0.15, -0.1) is 0 Å². The topological polar surface area (TPSA) is 135 Å². The standard InChI is InChI=1S/C18H26N6O2/c1-11(2)9-14(16(19)25)24-18(15(17(20)26)21-7-8-22-18)23-13-6-4-5-12(3)10-13/h4-8,10-11,14,22-24H,9H2,1-3H3,(H2,19,25)(H2,20,26). The molecule has 8 nitrogen and oxygen atoms in total.